The fourth-order valence-corrected chi connectivity index (χ4v) is 1.02. The summed E-state index contributed by atoms with van der Waals surface area (Å²) in [7, 11) is 0. The van der Waals surface area contributed by atoms with Crippen molar-refractivity contribution in [2.75, 3.05) is 5.73 Å². The maximum atomic E-state index is 5.61. The Labute approximate surface area is 93.8 Å². The second kappa shape index (κ2) is 10.8. The molecular formula is C12H25N3. The number of aromatic nitrogens is 2. The largest absolute Gasteiger partial charge is 0.382 e. The summed E-state index contributed by atoms with van der Waals surface area (Å²) in [4.78, 5) is 0. The highest BCUT2D eigenvalue weighted by atomic mass is 15.2. The van der Waals surface area contributed by atoms with Crippen molar-refractivity contribution >= 4 is 11.9 Å². The van der Waals surface area contributed by atoms with Gasteiger partial charge in [0.15, 0.2) is 5.82 Å². The molecule has 88 valence electrons. The third-order valence-corrected chi connectivity index (χ3v) is 1.60. The van der Waals surface area contributed by atoms with Crippen LogP contribution >= 0.6 is 0 Å². The molecule has 1 aromatic heterocycles. The van der Waals surface area contributed by atoms with Crippen LogP contribution in [0, 0.1) is 0 Å². The fraction of sp³-hybridized carbons (Fsp3) is 0.583. The van der Waals surface area contributed by atoms with Crippen LogP contribution in [0.2, 0.25) is 0 Å². The van der Waals surface area contributed by atoms with Gasteiger partial charge < -0.3 is 5.73 Å². The van der Waals surface area contributed by atoms with E-state index in [0.29, 0.717) is 5.82 Å². The number of nitrogens with one attached hydrogen (secondary N) is 1. The minimum Gasteiger partial charge on any atom is -0.382 e. The molecule has 15 heavy (non-hydrogen) atoms. The van der Waals surface area contributed by atoms with Gasteiger partial charge in [-0.05, 0) is 13.3 Å². The van der Waals surface area contributed by atoms with E-state index in [2.05, 4.69) is 17.1 Å². The van der Waals surface area contributed by atoms with E-state index in [1.807, 2.05) is 46.8 Å². The molecule has 0 amide bonds. The van der Waals surface area contributed by atoms with Crippen LogP contribution in [-0.2, 0) is 6.42 Å². The van der Waals surface area contributed by atoms with Crippen LogP contribution in [0.15, 0.2) is 6.08 Å². The molecule has 3 heteroatoms. The lowest BCUT2D eigenvalue weighted by Gasteiger charge is -1.92. The second-order valence-electron chi connectivity index (χ2n) is 2.35. The van der Waals surface area contributed by atoms with E-state index >= 15 is 0 Å². The van der Waals surface area contributed by atoms with Gasteiger partial charge >= 0.3 is 0 Å². The summed E-state index contributed by atoms with van der Waals surface area (Å²) < 4.78 is 0. The maximum Gasteiger partial charge on any atom is 0.152 e. The van der Waals surface area contributed by atoms with Crippen molar-refractivity contribution in [1.82, 2.24) is 10.2 Å². The van der Waals surface area contributed by atoms with Gasteiger partial charge in [-0.2, -0.15) is 5.10 Å². The zero-order valence-electron chi connectivity index (χ0n) is 10.9. The van der Waals surface area contributed by atoms with Crippen LogP contribution in [0.5, 0.6) is 0 Å². The van der Waals surface area contributed by atoms with Crippen molar-refractivity contribution in [3.63, 3.8) is 0 Å². The van der Waals surface area contributed by atoms with E-state index in [9.17, 15) is 0 Å². The van der Waals surface area contributed by atoms with Gasteiger partial charge in [0, 0.05) is 11.3 Å². The summed E-state index contributed by atoms with van der Waals surface area (Å²) in [6.07, 6.45) is 4.86. The molecule has 3 nitrogen and oxygen atoms in total. The number of anilines is 1. The molecule has 0 saturated carbocycles. The van der Waals surface area contributed by atoms with Crippen molar-refractivity contribution in [2.45, 2.75) is 48.0 Å². The number of nitrogens with zero attached hydrogens (tertiary/aromatic N) is 1. The van der Waals surface area contributed by atoms with Gasteiger partial charge in [0.05, 0.1) is 0 Å². The Morgan fingerprint density at radius 2 is 1.80 bits per heavy atom. The first-order chi connectivity index (χ1) is 7.29. The highest BCUT2D eigenvalue weighted by molar-refractivity contribution is 5.63. The Bertz CT molecular complexity index is 262. The number of aryl methyl sites for hydroxylation is 1. The number of nitrogens with two attached hydrogens (primary N) is 1. The summed E-state index contributed by atoms with van der Waals surface area (Å²) in [5.74, 6) is 0.583. The number of nitrogen functional groups attached to an aromatic ring is 1. The zero-order valence-corrected chi connectivity index (χ0v) is 10.9. The molecule has 1 rings (SSSR count). The highest BCUT2D eigenvalue weighted by Gasteiger charge is 2.03. The minimum atomic E-state index is 0.583. The van der Waals surface area contributed by atoms with Gasteiger partial charge in [-0.1, -0.05) is 46.8 Å². The molecule has 0 unspecified atom stereocenters. The van der Waals surface area contributed by atoms with E-state index < -0.39 is 0 Å². The number of hydrogen-bond donors (Lipinski definition) is 2. The van der Waals surface area contributed by atoms with Gasteiger partial charge in [0.2, 0.25) is 0 Å². The summed E-state index contributed by atoms with van der Waals surface area (Å²) in [6.45, 7) is 12.0. The number of allylic oxidation sites excluding steroid dienone is 1. The molecule has 0 atom stereocenters. The Morgan fingerprint density at radius 1 is 1.27 bits per heavy atom. The topological polar surface area (TPSA) is 54.7 Å². The summed E-state index contributed by atoms with van der Waals surface area (Å²) in [6, 6.07) is 0. The van der Waals surface area contributed by atoms with Crippen molar-refractivity contribution in [3.8, 4) is 0 Å². The molecule has 1 aromatic rings. The third-order valence-electron chi connectivity index (χ3n) is 1.60. The predicted molar refractivity (Wildman–Crippen MR) is 69.8 cm³/mol. The lowest BCUT2D eigenvalue weighted by molar-refractivity contribution is 0.975. The lowest BCUT2D eigenvalue weighted by atomic mass is 10.2. The highest BCUT2D eigenvalue weighted by Crippen LogP contribution is 2.15. The summed E-state index contributed by atoms with van der Waals surface area (Å²) >= 11 is 0. The van der Waals surface area contributed by atoms with Gasteiger partial charge in [-0.15, -0.1) is 0 Å². The van der Waals surface area contributed by atoms with Crippen LogP contribution in [0.1, 0.15) is 52.8 Å². The van der Waals surface area contributed by atoms with Crippen LogP contribution in [0.4, 0.5) is 5.82 Å². The second-order valence-corrected chi connectivity index (χ2v) is 2.35. The van der Waals surface area contributed by atoms with Gasteiger partial charge in [0.1, 0.15) is 0 Å². The molecule has 0 aromatic carbocycles. The van der Waals surface area contributed by atoms with E-state index in [1.165, 1.54) is 0 Å². The molecule has 1 heterocycles. The predicted octanol–water partition coefficient (Wildman–Crippen LogP) is 3.64. The van der Waals surface area contributed by atoms with E-state index in [-0.39, 0.29) is 0 Å². The Morgan fingerprint density at radius 3 is 2.20 bits per heavy atom. The van der Waals surface area contributed by atoms with Crippen LogP contribution in [0.3, 0.4) is 0 Å². The molecule has 0 aliphatic carbocycles. The quantitative estimate of drug-likeness (QED) is 0.784. The molecule has 0 aliphatic rings. The fourth-order valence-electron chi connectivity index (χ4n) is 1.02. The molecule has 0 fully saturated rings. The Balaban J connectivity index is 0. The first kappa shape index (κ1) is 16.2. The monoisotopic (exact) mass is 211 g/mol. The number of hydrogen-bond acceptors (Lipinski definition) is 2. The molecule has 0 spiro atoms. The van der Waals surface area contributed by atoms with E-state index in [1.54, 1.807) is 0 Å². The number of H-pyrrole nitrogens is 1. The first-order valence-electron chi connectivity index (χ1n) is 5.75. The first-order valence-corrected chi connectivity index (χ1v) is 5.75. The smallest absolute Gasteiger partial charge is 0.152 e. The average molecular weight is 211 g/mol. The van der Waals surface area contributed by atoms with E-state index in [0.717, 1.165) is 17.7 Å². The van der Waals surface area contributed by atoms with Crippen LogP contribution < -0.4 is 5.73 Å². The number of aromatic amines is 1. The lowest BCUT2D eigenvalue weighted by Crippen LogP contribution is -1.87. The maximum absolute atomic E-state index is 5.61. The van der Waals surface area contributed by atoms with Crippen molar-refractivity contribution in [2.24, 2.45) is 0 Å². The Hall–Kier alpha value is -1.25. The van der Waals surface area contributed by atoms with Gasteiger partial charge in [-0.3, -0.25) is 5.10 Å². The molecular weight excluding hydrogens is 186 g/mol. The van der Waals surface area contributed by atoms with Gasteiger partial charge in [-0.25, -0.2) is 0 Å². The Kier molecular flexibility index (Phi) is 11.7. The molecule has 3 N–H and O–H groups in total. The molecule has 0 aliphatic heterocycles. The van der Waals surface area contributed by atoms with Crippen LogP contribution in [0.25, 0.3) is 6.08 Å². The minimum absolute atomic E-state index is 0.583. The van der Waals surface area contributed by atoms with Crippen molar-refractivity contribution < 1.29 is 0 Å². The van der Waals surface area contributed by atoms with Gasteiger partial charge in [0.25, 0.3) is 0 Å². The molecule has 0 radical (unpaired) electrons. The van der Waals surface area contributed by atoms with Crippen molar-refractivity contribution in [1.29, 1.82) is 0 Å². The molecule has 0 saturated heterocycles. The van der Waals surface area contributed by atoms with Crippen molar-refractivity contribution in [3.05, 3.63) is 17.3 Å². The zero-order chi connectivity index (χ0) is 12.3. The molecule has 0 bridgehead atoms. The number of rotatable bonds is 2. The third kappa shape index (κ3) is 5.25. The SMILES string of the molecule is C/C=C\c1c(N)n[nH]c1CC.CC.CC. The standard InChI is InChI=1S/C8H13N3.2C2H6/c1-3-5-6-7(4-2)10-11-8(6)9;2*1-2/h3,5H,4H2,1-2H3,(H3,9,10,11);2*1-2H3/b5-3-;;. The summed E-state index contributed by atoms with van der Waals surface area (Å²) in [5, 5.41) is 6.79. The van der Waals surface area contributed by atoms with E-state index in [4.69, 9.17) is 5.73 Å². The normalized spacial score (nSPS) is 8.93. The average Bonchev–Trinajstić information content (AvgIpc) is 2.66. The summed E-state index contributed by atoms with van der Waals surface area (Å²) in [5.41, 5.74) is 7.73. The van der Waals surface area contributed by atoms with Crippen LogP contribution in [-0.4, -0.2) is 10.2 Å².